The summed E-state index contributed by atoms with van der Waals surface area (Å²) in [7, 11) is 0. The largest absolute Gasteiger partial charge is 0.313 e. The molecule has 0 saturated heterocycles. The van der Waals surface area contributed by atoms with Gasteiger partial charge in [-0.15, -0.1) is 0 Å². The van der Waals surface area contributed by atoms with Gasteiger partial charge in [0, 0.05) is 29.7 Å². The fraction of sp³-hybridized carbons (Fsp3) is 0.714. The SMILES string of the molecule is Cc1nc(SCCNC(C)C(C)C)nc(C)c1C. The summed E-state index contributed by atoms with van der Waals surface area (Å²) in [5.41, 5.74) is 3.38. The van der Waals surface area contributed by atoms with Crippen LogP contribution in [0.2, 0.25) is 0 Å². The van der Waals surface area contributed by atoms with Gasteiger partial charge in [-0.2, -0.15) is 0 Å². The quantitative estimate of drug-likeness (QED) is 0.488. The first-order valence-corrected chi connectivity index (χ1v) is 7.58. The van der Waals surface area contributed by atoms with Gasteiger partial charge in [0.15, 0.2) is 5.16 Å². The first kappa shape index (κ1) is 15.4. The summed E-state index contributed by atoms with van der Waals surface area (Å²) in [6, 6.07) is 0.563. The van der Waals surface area contributed by atoms with Crippen molar-refractivity contribution < 1.29 is 0 Å². The van der Waals surface area contributed by atoms with E-state index in [9.17, 15) is 0 Å². The molecule has 0 spiro atoms. The summed E-state index contributed by atoms with van der Waals surface area (Å²) in [6.07, 6.45) is 0. The van der Waals surface area contributed by atoms with Gasteiger partial charge in [-0.1, -0.05) is 25.6 Å². The van der Waals surface area contributed by atoms with Gasteiger partial charge in [0.05, 0.1) is 0 Å². The summed E-state index contributed by atoms with van der Waals surface area (Å²) in [4.78, 5) is 9.02. The molecule has 1 aromatic heterocycles. The zero-order chi connectivity index (χ0) is 13.7. The average Bonchev–Trinajstić information content (AvgIpc) is 2.31. The smallest absolute Gasteiger partial charge is 0.188 e. The maximum atomic E-state index is 4.51. The fourth-order valence-corrected chi connectivity index (χ4v) is 2.28. The number of thioether (sulfide) groups is 1. The van der Waals surface area contributed by atoms with Crippen LogP contribution in [-0.2, 0) is 0 Å². The Morgan fingerprint density at radius 2 is 1.61 bits per heavy atom. The number of nitrogens with one attached hydrogen (secondary N) is 1. The van der Waals surface area contributed by atoms with E-state index < -0.39 is 0 Å². The van der Waals surface area contributed by atoms with E-state index in [2.05, 4.69) is 43.0 Å². The lowest BCUT2D eigenvalue weighted by atomic mass is 10.1. The molecule has 1 atom stereocenters. The molecule has 0 aliphatic heterocycles. The van der Waals surface area contributed by atoms with Gasteiger partial charge in [-0.25, -0.2) is 9.97 Å². The lowest BCUT2D eigenvalue weighted by Crippen LogP contribution is -2.32. The molecule has 1 aromatic rings. The molecule has 0 saturated carbocycles. The van der Waals surface area contributed by atoms with Crippen molar-refractivity contribution in [2.24, 2.45) is 5.92 Å². The number of hydrogen-bond acceptors (Lipinski definition) is 4. The predicted molar refractivity (Wildman–Crippen MR) is 79.3 cm³/mol. The van der Waals surface area contributed by atoms with E-state index >= 15 is 0 Å². The van der Waals surface area contributed by atoms with Gasteiger partial charge in [0.1, 0.15) is 0 Å². The number of nitrogens with zero attached hydrogens (tertiary/aromatic N) is 2. The highest BCUT2D eigenvalue weighted by Crippen LogP contribution is 2.16. The Bertz CT molecular complexity index is 368. The molecule has 1 heterocycles. The summed E-state index contributed by atoms with van der Waals surface area (Å²) in [5, 5.41) is 4.41. The Balaban J connectivity index is 2.40. The van der Waals surface area contributed by atoms with Crippen LogP contribution in [0.15, 0.2) is 5.16 Å². The first-order valence-electron chi connectivity index (χ1n) is 6.59. The lowest BCUT2D eigenvalue weighted by molar-refractivity contribution is 0.438. The van der Waals surface area contributed by atoms with Crippen molar-refractivity contribution >= 4 is 11.8 Å². The first-order chi connectivity index (χ1) is 8.41. The summed E-state index contributed by atoms with van der Waals surface area (Å²) in [6.45, 7) is 13.9. The third kappa shape index (κ3) is 4.58. The normalized spacial score (nSPS) is 13.1. The number of rotatable bonds is 6. The fourth-order valence-electron chi connectivity index (χ4n) is 1.47. The highest BCUT2D eigenvalue weighted by Gasteiger charge is 2.07. The van der Waals surface area contributed by atoms with Crippen LogP contribution in [0.4, 0.5) is 0 Å². The summed E-state index contributed by atoms with van der Waals surface area (Å²) >= 11 is 1.73. The maximum Gasteiger partial charge on any atom is 0.188 e. The second-order valence-electron chi connectivity index (χ2n) is 5.14. The van der Waals surface area contributed by atoms with Crippen molar-refractivity contribution in [3.8, 4) is 0 Å². The third-order valence-corrected chi connectivity index (χ3v) is 4.26. The van der Waals surface area contributed by atoms with E-state index in [1.54, 1.807) is 11.8 Å². The van der Waals surface area contributed by atoms with Crippen molar-refractivity contribution in [1.29, 1.82) is 0 Å². The van der Waals surface area contributed by atoms with Crippen molar-refractivity contribution in [1.82, 2.24) is 15.3 Å². The molecule has 3 nitrogen and oxygen atoms in total. The molecule has 0 fully saturated rings. The second-order valence-corrected chi connectivity index (χ2v) is 6.20. The standard InChI is InChI=1S/C14H25N3S/c1-9(2)11(4)15-7-8-18-14-16-12(5)10(3)13(6)17-14/h9,11,15H,7-8H2,1-6H3. The van der Waals surface area contributed by atoms with Gasteiger partial charge >= 0.3 is 0 Å². The minimum atomic E-state index is 0.563. The Labute approximate surface area is 115 Å². The highest BCUT2D eigenvalue weighted by molar-refractivity contribution is 7.99. The van der Waals surface area contributed by atoms with E-state index in [4.69, 9.17) is 0 Å². The van der Waals surface area contributed by atoms with Crippen molar-refractivity contribution in [3.05, 3.63) is 17.0 Å². The molecule has 0 radical (unpaired) electrons. The van der Waals surface area contributed by atoms with Crippen LogP contribution < -0.4 is 5.32 Å². The van der Waals surface area contributed by atoms with Crippen molar-refractivity contribution in [2.75, 3.05) is 12.3 Å². The summed E-state index contributed by atoms with van der Waals surface area (Å²) in [5.74, 6) is 1.69. The van der Waals surface area contributed by atoms with E-state index in [1.165, 1.54) is 5.56 Å². The average molecular weight is 267 g/mol. The molecule has 0 amide bonds. The highest BCUT2D eigenvalue weighted by atomic mass is 32.2. The Kier molecular flexibility index (Phi) is 6.09. The Morgan fingerprint density at radius 1 is 1.06 bits per heavy atom. The predicted octanol–water partition coefficient (Wildman–Crippen LogP) is 3.13. The molecule has 1 N–H and O–H groups in total. The van der Waals surface area contributed by atoms with Crippen LogP contribution in [0.25, 0.3) is 0 Å². The molecule has 1 unspecified atom stereocenters. The van der Waals surface area contributed by atoms with E-state index in [-0.39, 0.29) is 0 Å². The molecular formula is C14H25N3S. The molecule has 0 aliphatic carbocycles. The van der Waals surface area contributed by atoms with Crippen LogP contribution in [-0.4, -0.2) is 28.3 Å². The topological polar surface area (TPSA) is 37.8 Å². The molecule has 0 aromatic carbocycles. The minimum Gasteiger partial charge on any atom is -0.313 e. The van der Waals surface area contributed by atoms with Crippen LogP contribution in [0.3, 0.4) is 0 Å². The maximum absolute atomic E-state index is 4.51. The molecule has 4 heteroatoms. The number of hydrogen-bond donors (Lipinski definition) is 1. The Hall–Kier alpha value is -0.610. The molecule has 102 valence electrons. The van der Waals surface area contributed by atoms with E-state index in [0.717, 1.165) is 28.8 Å². The lowest BCUT2D eigenvalue weighted by Gasteiger charge is -2.17. The molecule has 1 rings (SSSR count). The van der Waals surface area contributed by atoms with E-state index in [0.29, 0.717) is 12.0 Å². The molecule has 0 aliphatic rings. The Morgan fingerprint density at radius 3 is 2.11 bits per heavy atom. The number of aryl methyl sites for hydroxylation is 2. The summed E-state index contributed by atoms with van der Waals surface area (Å²) < 4.78 is 0. The van der Waals surface area contributed by atoms with Gasteiger partial charge in [0.2, 0.25) is 0 Å². The zero-order valence-corrected chi connectivity index (χ0v) is 13.2. The van der Waals surface area contributed by atoms with Gasteiger partial charge in [-0.3, -0.25) is 0 Å². The van der Waals surface area contributed by atoms with Gasteiger partial charge in [0.25, 0.3) is 0 Å². The minimum absolute atomic E-state index is 0.563. The molecule has 18 heavy (non-hydrogen) atoms. The van der Waals surface area contributed by atoms with E-state index in [1.807, 2.05) is 13.8 Å². The van der Waals surface area contributed by atoms with Crippen molar-refractivity contribution in [2.45, 2.75) is 52.7 Å². The monoisotopic (exact) mass is 267 g/mol. The molecule has 0 bridgehead atoms. The zero-order valence-electron chi connectivity index (χ0n) is 12.4. The van der Waals surface area contributed by atoms with Gasteiger partial charge in [-0.05, 0) is 39.2 Å². The number of aromatic nitrogens is 2. The van der Waals surface area contributed by atoms with Crippen LogP contribution in [0.5, 0.6) is 0 Å². The molecular weight excluding hydrogens is 242 g/mol. The van der Waals surface area contributed by atoms with Crippen LogP contribution in [0.1, 0.15) is 37.7 Å². The van der Waals surface area contributed by atoms with Gasteiger partial charge < -0.3 is 5.32 Å². The van der Waals surface area contributed by atoms with Crippen LogP contribution >= 0.6 is 11.8 Å². The third-order valence-electron chi connectivity index (χ3n) is 3.41. The second kappa shape index (κ2) is 7.10. The van der Waals surface area contributed by atoms with Crippen LogP contribution in [0, 0.1) is 26.7 Å². The van der Waals surface area contributed by atoms with Crippen molar-refractivity contribution in [3.63, 3.8) is 0 Å².